The number of nitrogens with zero attached hydrogens (tertiary/aromatic N) is 4. The molecule has 0 aliphatic rings. The van der Waals surface area contributed by atoms with Gasteiger partial charge in [0.1, 0.15) is 5.82 Å². The van der Waals surface area contributed by atoms with Crippen molar-refractivity contribution < 1.29 is 13.2 Å². The molecule has 0 saturated carbocycles. The monoisotopic (exact) mass is 375 g/mol. The standard InChI is InChI=1S/C14H10Cl2F3N5/c1-7(8-2-3-9(15)10(16)6-8)20-11-4-5-12-21-22-13(14(17,18)19)24(12)23-11/h2-7H,1H3,(H,20,23)/t7-/m1/s1. The van der Waals surface area contributed by atoms with Crippen molar-refractivity contribution in [1.82, 2.24) is 19.8 Å². The van der Waals surface area contributed by atoms with E-state index in [0.29, 0.717) is 14.6 Å². The van der Waals surface area contributed by atoms with E-state index in [9.17, 15) is 13.2 Å². The summed E-state index contributed by atoms with van der Waals surface area (Å²) < 4.78 is 39.3. The van der Waals surface area contributed by atoms with E-state index in [-0.39, 0.29) is 17.5 Å². The molecule has 10 heteroatoms. The Bertz CT molecular complexity index is 894. The molecule has 24 heavy (non-hydrogen) atoms. The van der Waals surface area contributed by atoms with Crippen LogP contribution in [-0.4, -0.2) is 19.8 Å². The van der Waals surface area contributed by atoms with Crippen molar-refractivity contribution >= 4 is 34.7 Å². The summed E-state index contributed by atoms with van der Waals surface area (Å²) in [5.41, 5.74) is 0.821. The summed E-state index contributed by atoms with van der Waals surface area (Å²) in [5, 5.41) is 14.3. The van der Waals surface area contributed by atoms with Gasteiger partial charge in [-0.3, -0.25) is 0 Å². The highest BCUT2D eigenvalue weighted by Crippen LogP contribution is 2.29. The third kappa shape index (κ3) is 3.25. The van der Waals surface area contributed by atoms with Crippen LogP contribution in [0, 0.1) is 0 Å². The smallest absolute Gasteiger partial charge is 0.362 e. The first-order valence-electron chi connectivity index (χ1n) is 6.77. The van der Waals surface area contributed by atoms with Crippen LogP contribution in [0.15, 0.2) is 30.3 Å². The molecule has 0 aliphatic carbocycles. The Hall–Kier alpha value is -2.06. The van der Waals surface area contributed by atoms with Crippen LogP contribution in [0.1, 0.15) is 24.4 Å². The van der Waals surface area contributed by atoms with Crippen molar-refractivity contribution in [3.63, 3.8) is 0 Å². The van der Waals surface area contributed by atoms with E-state index in [0.717, 1.165) is 5.56 Å². The maximum atomic E-state index is 12.9. The van der Waals surface area contributed by atoms with Crippen LogP contribution in [0.2, 0.25) is 10.0 Å². The van der Waals surface area contributed by atoms with Crippen LogP contribution in [-0.2, 0) is 6.18 Å². The molecule has 126 valence electrons. The molecular formula is C14H10Cl2F3N5. The van der Waals surface area contributed by atoms with Crippen LogP contribution in [0.3, 0.4) is 0 Å². The molecular weight excluding hydrogens is 366 g/mol. The number of anilines is 1. The molecule has 2 heterocycles. The van der Waals surface area contributed by atoms with E-state index < -0.39 is 12.0 Å². The minimum atomic E-state index is -4.64. The van der Waals surface area contributed by atoms with Crippen molar-refractivity contribution in [2.24, 2.45) is 0 Å². The van der Waals surface area contributed by atoms with Gasteiger partial charge in [0.05, 0.1) is 16.1 Å². The topological polar surface area (TPSA) is 55.1 Å². The lowest BCUT2D eigenvalue weighted by molar-refractivity contribution is -0.146. The Morgan fingerprint density at radius 2 is 1.83 bits per heavy atom. The fourth-order valence-electron chi connectivity index (χ4n) is 2.13. The number of rotatable bonds is 3. The van der Waals surface area contributed by atoms with E-state index >= 15 is 0 Å². The molecule has 0 unspecified atom stereocenters. The van der Waals surface area contributed by atoms with Gasteiger partial charge in [0.2, 0.25) is 0 Å². The summed E-state index contributed by atoms with van der Waals surface area (Å²) >= 11 is 11.8. The van der Waals surface area contributed by atoms with E-state index in [1.165, 1.54) is 12.1 Å². The summed E-state index contributed by atoms with van der Waals surface area (Å²) in [6, 6.07) is 7.77. The van der Waals surface area contributed by atoms with Crippen molar-refractivity contribution in [3.05, 3.63) is 51.8 Å². The molecule has 0 bridgehead atoms. The van der Waals surface area contributed by atoms with E-state index in [1.807, 2.05) is 6.92 Å². The minimum Gasteiger partial charge on any atom is -0.362 e. The number of halogens is 5. The minimum absolute atomic E-state index is 0.00932. The van der Waals surface area contributed by atoms with Gasteiger partial charge in [0.15, 0.2) is 5.65 Å². The van der Waals surface area contributed by atoms with Crippen molar-refractivity contribution in [2.75, 3.05) is 5.32 Å². The quantitative estimate of drug-likeness (QED) is 0.725. The van der Waals surface area contributed by atoms with Gasteiger partial charge in [-0.25, -0.2) is 0 Å². The summed E-state index contributed by atoms with van der Waals surface area (Å²) in [5.74, 6) is -0.935. The maximum Gasteiger partial charge on any atom is 0.453 e. The lowest BCUT2D eigenvalue weighted by Gasteiger charge is -2.15. The Morgan fingerprint density at radius 3 is 2.50 bits per heavy atom. The number of aromatic nitrogens is 4. The normalized spacial score (nSPS) is 13.2. The van der Waals surface area contributed by atoms with Gasteiger partial charge < -0.3 is 5.32 Å². The average Bonchev–Trinajstić information content (AvgIpc) is 2.93. The molecule has 0 aliphatic heterocycles. The first kappa shape index (κ1) is 16.8. The Morgan fingerprint density at radius 1 is 1.08 bits per heavy atom. The number of nitrogens with one attached hydrogen (secondary N) is 1. The van der Waals surface area contributed by atoms with Gasteiger partial charge in [-0.15, -0.1) is 15.3 Å². The van der Waals surface area contributed by atoms with Crippen LogP contribution in [0.5, 0.6) is 0 Å². The molecule has 1 N–H and O–H groups in total. The largest absolute Gasteiger partial charge is 0.453 e. The second-order valence-corrected chi connectivity index (χ2v) is 5.86. The van der Waals surface area contributed by atoms with Crippen molar-refractivity contribution in [2.45, 2.75) is 19.1 Å². The van der Waals surface area contributed by atoms with Crippen LogP contribution in [0.25, 0.3) is 5.65 Å². The van der Waals surface area contributed by atoms with Gasteiger partial charge in [-0.1, -0.05) is 29.3 Å². The molecule has 0 saturated heterocycles. The van der Waals surface area contributed by atoms with Gasteiger partial charge >= 0.3 is 6.18 Å². The molecule has 3 rings (SSSR count). The third-order valence-corrected chi connectivity index (χ3v) is 4.06. The number of fused-ring (bicyclic) bond motifs is 1. The molecule has 1 aromatic carbocycles. The molecule has 1 atom stereocenters. The Balaban J connectivity index is 1.90. The molecule has 0 amide bonds. The SMILES string of the molecule is C[C@@H](Nc1ccc2nnc(C(F)(F)F)n2n1)c1ccc(Cl)c(Cl)c1. The Labute approximate surface area is 144 Å². The first-order valence-corrected chi connectivity index (χ1v) is 7.52. The summed E-state index contributed by atoms with van der Waals surface area (Å²) in [6.45, 7) is 1.82. The van der Waals surface area contributed by atoms with Gasteiger partial charge in [0, 0.05) is 0 Å². The molecule has 3 aromatic rings. The summed E-state index contributed by atoms with van der Waals surface area (Å²) in [7, 11) is 0. The van der Waals surface area contributed by atoms with Crippen molar-refractivity contribution in [3.8, 4) is 0 Å². The molecule has 5 nitrogen and oxygen atoms in total. The second-order valence-electron chi connectivity index (χ2n) is 5.05. The van der Waals surface area contributed by atoms with Gasteiger partial charge in [-0.2, -0.15) is 17.7 Å². The third-order valence-electron chi connectivity index (χ3n) is 3.32. The molecule has 0 radical (unpaired) electrons. The van der Waals surface area contributed by atoms with Gasteiger partial charge in [0.25, 0.3) is 5.82 Å². The number of hydrogen-bond donors (Lipinski definition) is 1. The fourth-order valence-corrected chi connectivity index (χ4v) is 2.44. The highest BCUT2D eigenvalue weighted by Gasteiger charge is 2.37. The van der Waals surface area contributed by atoms with E-state index in [1.54, 1.807) is 18.2 Å². The molecule has 0 spiro atoms. The van der Waals surface area contributed by atoms with Crippen molar-refractivity contribution in [1.29, 1.82) is 0 Å². The van der Waals surface area contributed by atoms with E-state index in [2.05, 4.69) is 20.6 Å². The highest BCUT2D eigenvalue weighted by molar-refractivity contribution is 6.42. The molecule has 0 fully saturated rings. The van der Waals surface area contributed by atoms with Crippen LogP contribution < -0.4 is 5.32 Å². The zero-order chi connectivity index (χ0) is 17.5. The lowest BCUT2D eigenvalue weighted by Crippen LogP contribution is -2.14. The maximum absolute atomic E-state index is 12.9. The second kappa shape index (κ2) is 6.10. The molecule has 2 aromatic heterocycles. The lowest BCUT2D eigenvalue weighted by atomic mass is 10.1. The predicted molar refractivity (Wildman–Crippen MR) is 84.3 cm³/mol. The first-order chi connectivity index (χ1) is 11.3. The Kier molecular flexibility index (Phi) is 4.27. The summed E-state index contributed by atoms with van der Waals surface area (Å²) in [6.07, 6.45) is -4.64. The predicted octanol–water partition coefficient (Wildman–Crippen LogP) is 4.62. The zero-order valence-electron chi connectivity index (χ0n) is 12.1. The highest BCUT2D eigenvalue weighted by atomic mass is 35.5. The van der Waals surface area contributed by atoms with Gasteiger partial charge in [-0.05, 0) is 36.8 Å². The fraction of sp³-hybridized carbons (Fsp3) is 0.214. The summed E-state index contributed by atoms with van der Waals surface area (Å²) in [4.78, 5) is 0. The van der Waals surface area contributed by atoms with Crippen LogP contribution in [0.4, 0.5) is 19.0 Å². The number of hydrogen-bond acceptors (Lipinski definition) is 4. The van der Waals surface area contributed by atoms with E-state index in [4.69, 9.17) is 23.2 Å². The number of benzene rings is 1. The van der Waals surface area contributed by atoms with Crippen LogP contribution >= 0.6 is 23.2 Å². The number of alkyl halides is 3. The average molecular weight is 376 g/mol. The zero-order valence-corrected chi connectivity index (χ0v) is 13.7.